The molecule has 3 nitrogen and oxygen atoms in total. The highest BCUT2D eigenvalue weighted by molar-refractivity contribution is 5.82. The predicted molar refractivity (Wildman–Crippen MR) is 79.3 cm³/mol. The summed E-state index contributed by atoms with van der Waals surface area (Å²) >= 11 is 0. The fraction of sp³-hybridized carbons (Fsp3) is 0.562. The Morgan fingerprint density at radius 3 is 2.37 bits per heavy atom. The van der Waals surface area contributed by atoms with Crippen molar-refractivity contribution < 1.29 is 9.94 Å². The summed E-state index contributed by atoms with van der Waals surface area (Å²) in [5.74, 6) is 0.803. The second-order valence-corrected chi connectivity index (χ2v) is 4.81. The lowest BCUT2D eigenvalue weighted by atomic mass is 10.1. The van der Waals surface area contributed by atoms with Crippen molar-refractivity contribution in [1.29, 1.82) is 0 Å². The largest absolute Gasteiger partial charge is 0.490 e. The minimum atomic E-state index is 0.258. The molecule has 1 aromatic rings. The van der Waals surface area contributed by atoms with E-state index in [1.807, 2.05) is 24.3 Å². The molecular formula is C16H25NO2. The number of oxime groups is 1. The number of nitrogens with zero attached hydrogens (tertiary/aromatic N) is 1. The standard InChI is InChI=1S/C16H25NO2/c1-3-5-10-15(11-6-4-2)19-16-12-8-7-9-14(16)13-17-18/h7-9,12-13,15,18H,3-6,10-11H2,1-2H3. The molecule has 0 bridgehead atoms. The minimum Gasteiger partial charge on any atom is -0.490 e. The van der Waals surface area contributed by atoms with Crippen molar-refractivity contribution >= 4 is 6.21 Å². The maximum Gasteiger partial charge on any atom is 0.128 e. The van der Waals surface area contributed by atoms with Crippen LogP contribution in [0.15, 0.2) is 29.4 Å². The molecule has 0 amide bonds. The quantitative estimate of drug-likeness (QED) is 0.401. The van der Waals surface area contributed by atoms with Crippen LogP contribution in [-0.4, -0.2) is 17.5 Å². The Labute approximate surface area is 116 Å². The van der Waals surface area contributed by atoms with Crippen LogP contribution in [0.1, 0.15) is 57.9 Å². The van der Waals surface area contributed by atoms with Gasteiger partial charge in [0.05, 0.1) is 12.3 Å². The zero-order valence-electron chi connectivity index (χ0n) is 12.0. The third-order valence-corrected chi connectivity index (χ3v) is 3.17. The first-order chi connectivity index (χ1) is 9.31. The summed E-state index contributed by atoms with van der Waals surface area (Å²) in [5.41, 5.74) is 0.822. The summed E-state index contributed by atoms with van der Waals surface area (Å²) in [7, 11) is 0. The van der Waals surface area contributed by atoms with Crippen LogP contribution in [0.5, 0.6) is 5.75 Å². The highest BCUT2D eigenvalue weighted by atomic mass is 16.5. The molecule has 0 aliphatic heterocycles. The Kier molecular flexibility index (Phi) is 7.71. The van der Waals surface area contributed by atoms with Gasteiger partial charge in [-0.05, 0) is 25.0 Å². The molecule has 0 saturated heterocycles. The van der Waals surface area contributed by atoms with Crippen molar-refractivity contribution in [3.8, 4) is 5.75 Å². The molecular weight excluding hydrogens is 238 g/mol. The highest BCUT2D eigenvalue weighted by Crippen LogP contribution is 2.21. The van der Waals surface area contributed by atoms with E-state index in [-0.39, 0.29) is 6.10 Å². The van der Waals surface area contributed by atoms with E-state index in [2.05, 4.69) is 19.0 Å². The Morgan fingerprint density at radius 1 is 1.16 bits per heavy atom. The normalized spacial score (nSPS) is 11.3. The van der Waals surface area contributed by atoms with E-state index in [0.717, 1.165) is 24.2 Å². The van der Waals surface area contributed by atoms with Gasteiger partial charge in [-0.1, -0.05) is 56.8 Å². The molecule has 0 heterocycles. The fourth-order valence-corrected chi connectivity index (χ4v) is 2.06. The van der Waals surface area contributed by atoms with Crippen LogP contribution in [0.3, 0.4) is 0 Å². The van der Waals surface area contributed by atoms with Crippen LogP contribution in [0.4, 0.5) is 0 Å². The van der Waals surface area contributed by atoms with Crippen molar-refractivity contribution in [2.75, 3.05) is 0 Å². The van der Waals surface area contributed by atoms with Gasteiger partial charge in [0.25, 0.3) is 0 Å². The van der Waals surface area contributed by atoms with Crippen molar-refractivity contribution in [2.24, 2.45) is 5.16 Å². The third-order valence-electron chi connectivity index (χ3n) is 3.17. The molecule has 1 N–H and O–H groups in total. The van der Waals surface area contributed by atoms with Crippen molar-refractivity contribution in [3.63, 3.8) is 0 Å². The number of rotatable bonds is 9. The monoisotopic (exact) mass is 263 g/mol. The van der Waals surface area contributed by atoms with Crippen LogP contribution in [-0.2, 0) is 0 Å². The SMILES string of the molecule is CCCCC(CCCC)Oc1ccccc1C=NO. The molecule has 0 aliphatic carbocycles. The zero-order chi connectivity index (χ0) is 13.9. The molecule has 0 unspecified atom stereocenters. The average molecular weight is 263 g/mol. The molecule has 106 valence electrons. The molecule has 0 aliphatic rings. The van der Waals surface area contributed by atoms with Crippen molar-refractivity contribution in [3.05, 3.63) is 29.8 Å². The summed E-state index contributed by atoms with van der Waals surface area (Å²) in [4.78, 5) is 0. The first-order valence-corrected chi connectivity index (χ1v) is 7.24. The van der Waals surface area contributed by atoms with Gasteiger partial charge in [0.15, 0.2) is 0 Å². The smallest absolute Gasteiger partial charge is 0.128 e. The first-order valence-electron chi connectivity index (χ1n) is 7.24. The van der Waals surface area contributed by atoms with Crippen LogP contribution in [0.25, 0.3) is 0 Å². The summed E-state index contributed by atoms with van der Waals surface area (Å²) in [6.07, 6.45) is 8.59. The van der Waals surface area contributed by atoms with Crippen molar-refractivity contribution in [1.82, 2.24) is 0 Å². The Morgan fingerprint density at radius 2 is 1.79 bits per heavy atom. The molecule has 0 aromatic heterocycles. The first kappa shape index (κ1) is 15.5. The van der Waals surface area contributed by atoms with Crippen LogP contribution >= 0.6 is 0 Å². The molecule has 0 saturated carbocycles. The predicted octanol–water partition coefficient (Wildman–Crippen LogP) is 4.62. The van der Waals surface area contributed by atoms with Gasteiger partial charge in [0, 0.05) is 5.56 Å². The van der Waals surface area contributed by atoms with Crippen LogP contribution < -0.4 is 4.74 Å². The Bertz CT molecular complexity index is 369. The van der Waals surface area contributed by atoms with E-state index in [9.17, 15) is 0 Å². The maximum absolute atomic E-state index is 8.68. The third kappa shape index (κ3) is 5.77. The molecule has 0 spiro atoms. The van der Waals surface area contributed by atoms with Gasteiger partial charge in [0.2, 0.25) is 0 Å². The number of unbranched alkanes of at least 4 members (excludes halogenated alkanes) is 2. The van der Waals surface area contributed by atoms with Gasteiger partial charge in [-0.3, -0.25) is 0 Å². The van der Waals surface area contributed by atoms with Gasteiger partial charge in [0.1, 0.15) is 5.75 Å². The number of hydrogen-bond acceptors (Lipinski definition) is 3. The molecule has 1 rings (SSSR count). The van der Waals surface area contributed by atoms with E-state index >= 15 is 0 Å². The summed E-state index contributed by atoms with van der Waals surface area (Å²) in [6.45, 7) is 4.40. The van der Waals surface area contributed by atoms with E-state index in [4.69, 9.17) is 9.94 Å². The lowest BCUT2D eigenvalue weighted by Crippen LogP contribution is -2.17. The fourth-order valence-electron chi connectivity index (χ4n) is 2.06. The van der Waals surface area contributed by atoms with Gasteiger partial charge in [-0.2, -0.15) is 0 Å². The zero-order valence-corrected chi connectivity index (χ0v) is 12.0. The second kappa shape index (κ2) is 9.42. The Hall–Kier alpha value is -1.51. The summed E-state index contributed by atoms with van der Waals surface area (Å²) in [5, 5.41) is 11.8. The average Bonchev–Trinajstić information content (AvgIpc) is 2.44. The summed E-state index contributed by atoms with van der Waals surface area (Å²) < 4.78 is 6.10. The highest BCUT2D eigenvalue weighted by Gasteiger charge is 2.11. The molecule has 19 heavy (non-hydrogen) atoms. The van der Waals surface area contributed by atoms with Gasteiger partial charge in [-0.15, -0.1) is 0 Å². The molecule has 1 aromatic carbocycles. The number of benzene rings is 1. The van der Waals surface area contributed by atoms with Gasteiger partial charge < -0.3 is 9.94 Å². The minimum absolute atomic E-state index is 0.258. The van der Waals surface area contributed by atoms with E-state index < -0.39 is 0 Å². The van der Waals surface area contributed by atoms with Gasteiger partial charge >= 0.3 is 0 Å². The number of ether oxygens (including phenoxy) is 1. The van der Waals surface area contributed by atoms with Gasteiger partial charge in [-0.25, -0.2) is 0 Å². The van der Waals surface area contributed by atoms with Crippen LogP contribution in [0.2, 0.25) is 0 Å². The molecule has 0 radical (unpaired) electrons. The van der Waals surface area contributed by atoms with Crippen molar-refractivity contribution in [2.45, 2.75) is 58.5 Å². The molecule has 0 atom stereocenters. The number of para-hydroxylation sites is 1. The lowest BCUT2D eigenvalue weighted by Gasteiger charge is -2.20. The van der Waals surface area contributed by atoms with Crippen LogP contribution in [0, 0.1) is 0 Å². The van der Waals surface area contributed by atoms with E-state index in [1.54, 1.807) is 0 Å². The topological polar surface area (TPSA) is 41.8 Å². The summed E-state index contributed by atoms with van der Waals surface area (Å²) in [6, 6.07) is 7.69. The Balaban J connectivity index is 2.70. The second-order valence-electron chi connectivity index (χ2n) is 4.81. The molecule has 0 fully saturated rings. The van der Waals surface area contributed by atoms with E-state index in [1.165, 1.54) is 31.9 Å². The molecule has 3 heteroatoms. The number of hydrogen-bond donors (Lipinski definition) is 1. The van der Waals surface area contributed by atoms with E-state index in [0.29, 0.717) is 0 Å². The maximum atomic E-state index is 8.68. The lowest BCUT2D eigenvalue weighted by molar-refractivity contribution is 0.174.